The Bertz CT molecular complexity index is 238. The molecule has 0 aliphatic carbocycles. The summed E-state index contributed by atoms with van der Waals surface area (Å²) in [5.74, 6) is 0. The molecule has 128 valence electrons. The standard InChI is InChI=1S/C10H24OSi.C5H12O3Si/c1-6-10(5)11-12(7-2,8-3)9-4;1-5-9(6-2,7-3)8-4/h10H,6-9H2,1-5H3;5H,1H2,2-4H3. The van der Waals surface area contributed by atoms with E-state index in [0.29, 0.717) is 6.10 Å². The van der Waals surface area contributed by atoms with E-state index in [4.69, 9.17) is 17.7 Å². The summed E-state index contributed by atoms with van der Waals surface area (Å²) in [6.45, 7) is 14.8. The normalized spacial score (nSPS) is 13.3. The van der Waals surface area contributed by atoms with Crippen molar-refractivity contribution < 1.29 is 17.7 Å². The molecule has 0 saturated heterocycles. The second kappa shape index (κ2) is 12.5. The molecule has 0 aromatic rings. The van der Waals surface area contributed by atoms with Gasteiger partial charge in [-0.3, -0.25) is 0 Å². The van der Waals surface area contributed by atoms with Gasteiger partial charge in [0, 0.05) is 27.4 Å². The van der Waals surface area contributed by atoms with Crippen molar-refractivity contribution in [1.82, 2.24) is 0 Å². The summed E-state index contributed by atoms with van der Waals surface area (Å²) in [7, 11) is 0.899. The molecule has 0 heterocycles. The Morgan fingerprint density at radius 1 is 0.905 bits per heavy atom. The fraction of sp³-hybridized carbons (Fsp3) is 0.867. The van der Waals surface area contributed by atoms with E-state index < -0.39 is 17.1 Å². The second-order valence-corrected chi connectivity index (χ2v) is 12.6. The van der Waals surface area contributed by atoms with Crippen molar-refractivity contribution >= 4 is 17.1 Å². The Hall–Kier alpha value is 0.0138. The van der Waals surface area contributed by atoms with Crippen LogP contribution in [0.2, 0.25) is 18.1 Å². The first-order valence-corrected chi connectivity index (χ1v) is 12.2. The first kappa shape index (κ1) is 23.3. The van der Waals surface area contributed by atoms with Crippen LogP contribution in [0.25, 0.3) is 0 Å². The molecule has 0 aliphatic heterocycles. The number of hydrogen-bond acceptors (Lipinski definition) is 4. The second-order valence-electron chi connectivity index (χ2n) is 5.00. The largest absolute Gasteiger partial charge is 0.528 e. The lowest BCUT2D eigenvalue weighted by molar-refractivity contribution is 0.138. The van der Waals surface area contributed by atoms with Crippen LogP contribution in [-0.2, 0) is 17.7 Å². The van der Waals surface area contributed by atoms with E-state index in [2.05, 4.69) is 41.2 Å². The maximum absolute atomic E-state index is 6.17. The molecule has 0 saturated carbocycles. The summed E-state index contributed by atoms with van der Waals surface area (Å²) >= 11 is 0. The van der Waals surface area contributed by atoms with Crippen molar-refractivity contribution in [2.24, 2.45) is 0 Å². The molecule has 0 fully saturated rings. The maximum atomic E-state index is 6.17. The van der Waals surface area contributed by atoms with Gasteiger partial charge in [-0.2, -0.15) is 0 Å². The summed E-state index contributed by atoms with van der Waals surface area (Å²) < 4.78 is 21.1. The lowest BCUT2D eigenvalue weighted by atomic mass is 10.3. The lowest BCUT2D eigenvalue weighted by Gasteiger charge is -2.31. The van der Waals surface area contributed by atoms with Crippen molar-refractivity contribution in [2.75, 3.05) is 21.3 Å². The van der Waals surface area contributed by atoms with Gasteiger partial charge in [-0.1, -0.05) is 34.3 Å². The summed E-state index contributed by atoms with van der Waals surface area (Å²) in [5, 5.41) is 0. The molecule has 1 atom stereocenters. The number of hydrogen-bond donors (Lipinski definition) is 0. The highest BCUT2D eigenvalue weighted by atomic mass is 28.4. The molecule has 4 nitrogen and oxygen atoms in total. The molecule has 0 bridgehead atoms. The smallest absolute Gasteiger partial charge is 0.414 e. The maximum Gasteiger partial charge on any atom is 0.528 e. The van der Waals surface area contributed by atoms with E-state index in [1.807, 2.05) is 0 Å². The topological polar surface area (TPSA) is 36.9 Å². The molecule has 0 aliphatic rings. The highest BCUT2D eigenvalue weighted by Crippen LogP contribution is 2.23. The minimum Gasteiger partial charge on any atom is -0.414 e. The van der Waals surface area contributed by atoms with Crippen molar-refractivity contribution in [3.05, 3.63) is 12.3 Å². The van der Waals surface area contributed by atoms with Gasteiger partial charge in [-0.25, -0.2) is 0 Å². The molecule has 0 amide bonds. The minimum atomic E-state index is -2.43. The van der Waals surface area contributed by atoms with E-state index in [1.54, 1.807) is 27.0 Å². The Morgan fingerprint density at radius 3 is 1.43 bits per heavy atom. The van der Waals surface area contributed by atoms with Gasteiger partial charge in [0.15, 0.2) is 8.32 Å². The van der Waals surface area contributed by atoms with Gasteiger partial charge in [-0.05, 0) is 37.2 Å². The van der Waals surface area contributed by atoms with Gasteiger partial charge in [-0.15, -0.1) is 0 Å². The summed E-state index contributed by atoms with van der Waals surface area (Å²) in [6, 6.07) is 3.80. The van der Waals surface area contributed by atoms with Gasteiger partial charge in [0.25, 0.3) is 0 Å². The van der Waals surface area contributed by atoms with Crippen molar-refractivity contribution in [3.8, 4) is 0 Å². The van der Waals surface area contributed by atoms with Gasteiger partial charge in [0.1, 0.15) is 0 Å². The molecule has 0 radical (unpaired) electrons. The van der Waals surface area contributed by atoms with Crippen LogP contribution in [0.5, 0.6) is 0 Å². The zero-order chi connectivity index (χ0) is 16.9. The SMILES string of the molecule is C=C[Si](OC)(OC)OC.CCC(C)O[Si](CC)(CC)CC. The summed E-state index contributed by atoms with van der Waals surface area (Å²) in [6.07, 6.45) is 1.62. The highest BCUT2D eigenvalue weighted by molar-refractivity contribution is 6.73. The van der Waals surface area contributed by atoms with Gasteiger partial charge < -0.3 is 17.7 Å². The predicted octanol–water partition coefficient (Wildman–Crippen LogP) is 4.40. The Kier molecular flexibility index (Phi) is 13.9. The van der Waals surface area contributed by atoms with Crippen molar-refractivity contribution in [3.63, 3.8) is 0 Å². The molecule has 6 heteroatoms. The monoisotopic (exact) mass is 336 g/mol. The quantitative estimate of drug-likeness (QED) is 0.554. The van der Waals surface area contributed by atoms with Crippen molar-refractivity contribution in [1.29, 1.82) is 0 Å². The van der Waals surface area contributed by atoms with Crippen LogP contribution in [0.4, 0.5) is 0 Å². The molecule has 0 rings (SSSR count). The first-order valence-electron chi connectivity index (χ1n) is 7.85. The zero-order valence-electron chi connectivity index (χ0n) is 15.3. The van der Waals surface area contributed by atoms with Crippen LogP contribution in [0.3, 0.4) is 0 Å². The van der Waals surface area contributed by atoms with Crippen LogP contribution in [0.1, 0.15) is 41.0 Å². The fourth-order valence-electron chi connectivity index (χ4n) is 2.01. The first-order chi connectivity index (χ1) is 9.88. The van der Waals surface area contributed by atoms with Gasteiger partial charge in [0.2, 0.25) is 0 Å². The zero-order valence-corrected chi connectivity index (χ0v) is 17.3. The van der Waals surface area contributed by atoms with E-state index in [0.717, 1.165) is 6.42 Å². The molecule has 0 N–H and O–H groups in total. The minimum absolute atomic E-state index is 0.469. The van der Waals surface area contributed by atoms with Crippen LogP contribution in [0.15, 0.2) is 12.3 Å². The third kappa shape index (κ3) is 8.28. The molecule has 0 spiro atoms. The van der Waals surface area contributed by atoms with Gasteiger partial charge in [0.05, 0.1) is 0 Å². The van der Waals surface area contributed by atoms with Crippen LogP contribution >= 0.6 is 0 Å². The number of rotatable bonds is 10. The van der Waals surface area contributed by atoms with E-state index in [1.165, 1.54) is 18.1 Å². The molecular weight excluding hydrogens is 300 g/mol. The molecular formula is C15H36O4Si2. The Morgan fingerprint density at radius 2 is 1.29 bits per heavy atom. The van der Waals surface area contributed by atoms with Crippen molar-refractivity contribution in [2.45, 2.75) is 65.3 Å². The highest BCUT2D eigenvalue weighted by Gasteiger charge is 2.33. The third-order valence-corrected chi connectivity index (χ3v) is 11.0. The van der Waals surface area contributed by atoms with Crippen LogP contribution in [-0.4, -0.2) is 44.6 Å². The van der Waals surface area contributed by atoms with Crippen LogP contribution < -0.4 is 0 Å². The van der Waals surface area contributed by atoms with E-state index >= 15 is 0 Å². The Labute approximate surface area is 134 Å². The predicted molar refractivity (Wildman–Crippen MR) is 95.0 cm³/mol. The Balaban J connectivity index is 0. The molecule has 0 aromatic heterocycles. The summed E-state index contributed by atoms with van der Waals surface area (Å²) in [5.41, 5.74) is 1.58. The average molecular weight is 337 g/mol. The molecule has 21 heavy (non-hydrogen) atoms. The molecule has 0 aromatic carbocycles. The lowest BCUT2D eigenvalue weighted by Crippen LogP contribution is -2.40. The average Bonchev–Trinajstić information content (AvgIpc) is 2.56. The van der Waals surface area contributed by atoms with Gasteiger partial charge >= 0.3 is 8.80 Å². The van der Waals surface area contributed by atoms with E-state index in [9.17, 15) is 0 Å². The van der Waals surface area contributed by atoms with Crippen LogP contribution in [0, 0.1) is 0 Å². The van der Waals surface area contributed by atoms with E-state index in [-0.39, 0.29) is 0 Å². The fourth-order valence-corrected chi connectivity index (χ4v) is 6.03. The third-order valence-electron chi connectivity index (χ3n) is 4.06. The summed E-state index contributed by atoms with van der Waals surface area (Å²) in [4.78, 5) is 0. The molecule has 1 unspecified atom stereocenters.